The minimum absolute atomic E-state index is 0.245. The second-order valence-electron chi connectivity index (χ2n) is 4.86. The molecule has 0 fully saturated rings. The Bertz CT molecular complexity index is 530. The maximum Gasteiger partial charge on any atom is 0.256 e. The highest BCUT2D eigenvalue weighted by Crippen LogP contribution is 2.15. The minimum atomic E-state index is -0.275. The van der Waals surface area contributed by atoms with Gasteiger partial charge in [0.15, 0.2) is 0 Å². The highest BCUT2D eigenvalue weighted by Gasteiger charge is 2.29. The van der Waals surface area contributed by atoms with Crippen LogP contribution in [-0.4, -0.2) is 58.0 Å². The van der Waals surface area contributed by atoms with Gasteiger partial charge in [-0.3, -0.25) is 29.0 Å². The summed E-state index contributed by atoms with van der Waals surface area (Å²) in [5.74, 6) is 0.129. The molecule has 0 bridgehead atoms. The van der Waals surface area contributed by atoms with Crippen LogP contribution in [0.1, 0.15) is 13.8 Å². The van der Waals surface area contributed by atoms with Crippen molar-refractivity contribution in [3.63, 3.8) is 0 Å². The Labute approximate surface area is 126 Å². The fourth-order valence-electron chi connectivity index (χ4n) is 2.11. The zero-order valence-electron chi connectivity index (χ0n) is 11.9. The molecule has 0 aromatic heterocycles. The second kappa shape index (κ2) is 6.26. The zero-order chi connectivity index (χ0) is 15.6. The Morgan fingerprint density at radius 3 is 1.48 bits per heavy atom. The standard InChI is InChI=1S/C14H16N2O4S/c1-9-7-11(17)15(13(9)19)3-5-21-6-4-16-12(18)8-10(2)14(16)20/h7-8H,3-6H2,1-2H3. The second-order valence-corrected chi connectivity index (χ2v) is 6.08. The molecule has 0 aliphatic carbocycles. The fraction of sp³-hybridized carbons (Fsp3) is 0.429. The molecular weight excluding hydrogens is 292 g/mol. The predicted molar refractivity (Wildman–Crippen MR) is 78.3 cm³/mol. The molecule has 21 heavy (non-hydrogen) atoms. The van der Waals surface area contributed by atoms with Gasteiger partial charge in [-0.15, -0.1) is 0 Å². The maximum atomic E-state index is 11.6. The molecule has 6 nitrogen and oxygen atoms in total. The first-order valence-corrected chi connectivity index (χ1v) is 7.73. The van der Waals surface area contributed by atoms with Crippen molar-refractivity contribution in [3.8, 4) is 0 Å². The third-order valence-corrected chi connectivity index (χ3v) is 4.24. The van der Waals surface area contributed by atoms with E-state index in [-0.39, 0.29) is 23.6 Å². The average Bonchev–Trinajstić information content (AvgIpc) is 2.80. The summed E-state index contributed by atoms with van der Waals surface area (Å²) in [6.07, 6.45) is 2.67. The van der Waals surface area contributed by atoms with Crippen LogP contribution in [0.25, 0.3) is 0 Å². The van der Waals surface area contributed by atoms with Gasteiger partial charge in [0.2, 0.25) is 0 Å². The summed E-state index contributed by atoms with van der Waals surface area (Å²) in [6.45, 7) is 3.92. The molecule has 7 heteroatoms. The van der Waals surface area contributed by atoms with E-state index in [0.717, 1.165) is 0 Å². The van der Waals surface area contributed by atoms with Crippen LogP contribution in [0.2, 0.25) is 0 Å². The zero-order valence-corrected chi connectivity index (χ0v) is 12.7. The lowest BCUT2D eigenvalue weighted by Crippen LogP contribution is -2.34. The number of nitrogens with zero attached hydrogens (tertiary/aromatic N) is 2. The van der Waals surface area contributed by atoms with Gasteiger partial charge in [0.25, 0.3) is 23.6 Å². The number of hydrogen-bond acceptors (Lipinski definition) is 5. The molecule has 0 atom stereocenters. The molecule has 0 spiro atoms. The highest BCUT2D eigenvalue weighted by molar-refractivity contribution is 7.99. The number of hydrogen-bond donors (Lipinski definition) is 0. The molecule has 2 rings (SSSR count). The van der Waals surface area contributed by atoms with Crippen LogP contribution in [0.15, 0.2) is 23.3 Å². The van der Waals surface area contributed by atoms with Crippen molar-refractivity contribution in [3.05, 3.63) is 23.3 Å². The van der Waals surface area contributed by atoms with Gasteiger partial charge in [0, 0.05) is 47.9 Å². The third kappa shape index (κ3) is 3.24. The number of carbonyl (C=O) groups is 4. The fourth-order valence-corrected chi connectivity index (χ4v) is 2.94. The summed E-state index contributed by atoms with van der Waals surface area (Å²) < 4.78 is 0. The van der Waals surface area contributed by atoms with Gasteiger partial charge in [0.05, 0.1) is 0 Å². The van der Waals surface area contributed by atoms with Crippen LogP contribution >= 0.6 is 11.8 Å². The van der Waals surface area contributed by atoms with Crippen molar-refractivity contribution in [2.24, 2.45) is 0 Å². The third-order valence-electron chi connectivity index (χ3n) is 3.30. The van der Waals surface area contributed by atoms with E-state index in [2.05, 4.69) is 0 Å². The molecule has 2 aliphatic heterocycles. The maximum absolute atomic E-state index is 11.6. The first-order valence-electron chi connectivity index (χ1n) is 6.58. The lowest BCUT2D eigenvalue weighted by molar-refractivity contribution is -0.138. The molecule has 0 aromatic carbocycles. The quantitative estimate of drug-likeness (QED) is 0.523. The normalized spacial score (nSPS) is 18.8. The molecule has 0 saturated carbocycles. The van der Waals surface area contributed by atoms with Crippen molar-refractivity contribution in [2.75, 3.05) is 24.6 Å². The number of thioether (sulfide) groups is 1. The van der Waals surface area contributed by atoms with E-state index in [4.69, 9.17) is 0 Å². The smallest absolute Gasteiger partial charge is 0.256 e. The van der Waals surface area contributed by atoms with E-state index in [0.29, 0.717) is 35.7 Å². The Morgan fingerprint density at radius 1 is 0.810 bits per heavy atom. The summed E-state index contributed by atoms with van der Waals surface area (Å²) in [7, 11) is 0. The van der Waals surface area contributed by atoms with E-state index in [1.165, 1.54) is 33.7 Å². The molecule has 112 valence electrons. The van der Waals surface area contributed by atoms with Crippen LogP contribution in [0.4, 0.5) is 0 Å². The lowest BCUT2D eigenvalue weighted by Gasteiger charge is -2.16. The summed E-state index contributed by atoms with van der Waals surface area (Å²) in [5.41, 5.74) is 0.916. The molecule has 0 unspecified atom stereocenters. The Morgan fingerprint density at radius 2 is 1.19 bits per heavy atom. The van der Waals surface area contributed by atoms with Crippen LogP contribution in [-0.2, 0) is 19.2 Å². The Hall–Kier alpha value is -1.89. The van der Waals surface area contributed by atoms with Crippen LogP contribution in [0, 0.1) is 0 Å². The molecule has 2 heterocycles. The van der Waals surface area contributed by atoms with E-state index in [1.54, 1.807) is 13.8 Å². The topological polar surface area (TPSA) is 74.8 Å². The molecule has 0 aromatic rings. The average molecular weight is 308 g/mol. The SMILES string of the molecule is CC1=CC(=O)N(CCSCCN2C(=O)C=C(C)C2=O)C1=O. The Balaban J connectivity index is 1.68. The first-order chi connectivity index (χ1) is 9.91. The molecule has 0 radical (unpaired) electrons. The van der Waals surface area contributed by atoms with E-state index in [9.17, 15) is 19.2 Å². The first kappa shape index (κ1) is 15.5. The van der Waals surface area contributed by atoms with Crippen LogP contribution < -0.4 is 0 Å². The van der Waals surface area contributed by atoms with Crippen LogP contribution in [0.5, 0.6) is 0 Å². The Kier molecular flexibility index (Phi) is 4.62. The largest absolute Gasteiger partial charge is 0.274 e. The van der Waals surface area contributed by atoms with Gasteiger partial charge < -0.3 is 0 Å². The van der Waals surface area contributed by atoms with Crippen molar-refractivity contribution in [2.45, 2.75) is 13.8 Å². The van der Waals surface area contributed by atoms with Crippen molar-refractivity contribution < 1.29 is 19.2 Å². The van der Waals surface area contributed by atoms with Crippen LogP contribution in [0.3, 0.4) is 0 Å². The van der Waals surface area contributed by atoms with E-state index in [1.807, 2.05) is 0 Å². The molecule has 0 saturated heterocycles. The molecule has 2 aliphatic rings. The summed E-state index contributed by atoms with van der Waals surface area (Å²) in [4.78, 5) is 48.7. The minimum Gasteiger partial charge on any atom is -0.274 e. The van der Waals surface area contributed by atoms with Crippen molar-refractivity contribution in [1.82, 2.24) is 9.80 Å². The van der Waals surface area contributed by atoms with Gasteiger partial charge in [-0.1, -0.05) is 0 Å². The van der Waals surface area contributed by atoms with Gasteiger partial charge in [0.1, 0.15) is 0 Å². The van der Waals surface area contributed by atoms with Crippen molar-refractivity contribution in [1.29, 1.82) is 0 Å². The van der Waals surface area contributed by atoms with E-state index >= 15 is 0 Å². The lowest BCUT2D eigenvalue weighted by atomic mass is 10.3. The van der Waals surface area contributed by atoms with Crippen molar-refractivity contribution >= 4 is 35.4 Å². The molecule has 0 N–H and O–H groups in total. The highest BCUT2D eigenvalue weighted by atomic mass is 32.2. The summed E-state index contributed by atoms with van der Waals surface area (Å²) >= 11 is 1.50. The number of imide groups is 2. The van der Waals surface area contributed by atoms with Gasteiger partial charge in [-0.05, 0) is 13.8 Å². The van der Waals surface area contributed by atoms with E-state index < -0.39 is 0 Å². The summed E-state index contributed by atoms with van der Waals surface area (Å²) in [6, 6.07) is 0. The van der Waals surface area contributed by atoms with Gasteiger partial charge in [-0.2, -0.15) is 11.8 Å². The number of amides is 4. The predicted octanol–water partition coefficient (Wildman–Crippen LogP) is 0.350. The monoisotopic (exact) mass is 308 g/mol. The molecule has 4 amide bonds. The number of rotatable bonds is 6. The van der Waals surface area contributed by atoms with Gasteiger partial charge >= 0.3 is 0 Å². The number of carbonyl (C=O) groups excluding carboxylic acids is 4. The molecular formula is C14H16N2O4S. The summed E-state index contributed by atoms with van der Waals surface area (Å²) in [5, 5.41) is 0. The van der Waals surface area contributed by atoms with Gasteiger partial charge in [-0.25, -0.2) is 0 Å².